The Morgan fingerprint density at radius 2 is 0.797 bits per heavy atom. The van der Waals surface area contributed by atoms with Crippen LogP contribution < -0.4 is 0 Å². The molecule has 79 heavy (non-hydrogen) atoms. The highest BCUT2D eigenvalue weighted by molar-refractivity contribution is 5.74. The zero-order chi connectivity index (χ0) is 57.5. The summed E-state index contributed by atoms with van der Waals surface area (Å²) in [6.45, 7) is 5.85. The predicted octanol–water partition coefficient (Wildman–Crippen LogP) is 16.7. The van der Waals surface area contributed by atoms with Gasteiger partial charge in [0.05, 0.1) is 6.61 Å². The number of carboxylic acid groups (broad SMARTS) is 1. The van der Waals surface area contributed by atoms with E-state index in [1.807, 2.05) is 0 Å². The van der Waals surface area contributed by atoms with Crippen LogP contribution in [0.4, 0.5) is 0 Å². The second-order valence-electron chi connectivity index (χ2n) is 21.3. The Hall–Kier alpha value is -4.10. The number of esters is 3. The molecule has 12 heteroatoms. The Bertz CT molecular complexity index is 1700. The average Bonchev–Trinajstić information content (AvgIpc) is 3.44. The van der Waals surface area contributed by atoms with Crippen molar-refractivity contribution < 1.29 is 58.2 Å². The Morgan fingerprint density at radius 1 is 0.430 bits per heavy atom. The van der Waals surface area contributed by atoms with E-state index in [4.69, 9.17) is 23.7 Å². The Balaban J connectivity index is 2.70. The summed E-state index contributed by atoms with van der Waals surface area (Å²) in [6.07, 6.45) is 58.2. The standard InChI is InChI=1S/C67H112O12/c1-4-7-10-13-16-19-22-25-28-29-30-31-34-37-40-43-46-49-52-55-61(70)78-65-63(72)62(71)64(66(73)74)79-67(65)76-57-58(77-60(69)54-51-48-45-42-39-36-33-27-24-21-18-15-12-9-6-3)56-75-59(68)53-50-47-44-41-38-35-32-26-23-20-17-14-11-8-5-2/h7,10,16-17,19-20,25-26,28,30-32,37,40,58,62-65,67,71-72H,4-6,8-9,11-15,18,21-24,27,29,33-36,38-39,41-57H2,1-3H3,(H,73,74)/b10-7-,19-16-,20-17-,28-25-,31-30-,32-26-,40-37-. The van der Waals surface area contributed by atoms with Crippen molar-refractivity contribution >= 4 is 23.9 Å². The average molecular weight is 1110 g/mol. The second-order valence-corrected chi connectivity index (χ2v) is 21.3. The molecule has 0 saturated carbocycles. The van der Waals surface area contributed by atoms with Crippen molar-refractivity contribution in [2.45, 2.75) is 302 Å². The third kappa shape index (κ3) is 44.3. The summed E-state index contributed by atoms with van der Waals surface area (Å²) in [5.41, 5.74) is 0. The monoisotopic (exact) mass is 1110 g/mol. The number of aliphatic hydroxyl groups is 2. The van der Waals surface area contributed by atoms with Gasteiger partial charge in [0.25, 0.3) is 0 Å². The Kier molecular flexibility index (Phi) is 50.3. The number of ether oxygens (including phenoxy) is 5. The maximum absolute atomic E-state index is 13.2. The van der Waals surface area contributed by atoms with Gasteiger partial charge in [-0.25, -0.2) is 4.79 Å². The minimum Gasteiger partial charge on any atom is -0.479 e. The molecule has 12 nitrogen and oxygen atoms in total. The lowest BCUT2D eigenvalue weighted by Gasteiger charge is -2.40. The lowest BCUT2D eigenvalue weighted by Crippen LogP contribution is -2.61. The smallest absolute Gasteiger partial charge is 0.335 e. The van der Waals surface area contributed by atoms with E-state index in [0.29, 0.717) is 19.3 Å². The molecule has 6 atom stereocenters. The van der Waals surface area contributed by atoms with E-state index < -0.39 is 67.3 Å². The van der Waals surface area contributed by atoms with Gasteiger partial charge in [-0.15, -0.1) is 0 Å². The van der Waals surface area contributed by atoms with Gasteiger partial charge in [-0.05, 0) is 96.3 Å². The molecule has 6 unspecified atom stereocenters. The van der Waals surface area contributed by atoms with Gasteiger partial charge in [0.1, 0.15) is 18.8 Å². The molecule has 0 aromatic rings. The van der Waals surface area contributed by atoms with E-state index in [2.05, 4.69) is 106 Å². The molecular formula is C67H112O12. The summed E-state index contributed by atoms with van der Waals surface area (Å²) >= 11 is 0. The first-order valence-electron chi connectivity index (χ1n) is 31.6. The third-order valence-corrected chi connectivity index (χ3v) is 14.0. The van der Waals surface area contributed by atoms with Crippen molar-refractivity contribution in [2.24, 2.45) is 0 Å². The van der Waals surface area contributed by atoms with Crippen LogP contribution in [0.15, 0.2) is 85.1 Å². The van der Waals surface area contributed by atoms with Crippen LogP contribution in [0.25, 0.3) is 0 Å². The molecule has 0 bridgehead atoms. The zero-order valence-corrected chi connectivity index (χ0v) is 49.8. The van der Waals surface area contributed by atoms with Crippen LogP contribution in [0.1, 0.15) is 265 Å². The minimum atomic E-state index is -1.92. The van der Waals surface area contributed by atoms with Crippen molar-refractivity contribution in [3.05, 3.63) is 85.1 Å². The maximum atomic E-state index is 13.2. The summed E-state index contributed by atoms with van der Waals surface area (Å²) in [5, 5.41) is 31.6. The van der Waals surface area contributed by atoms with Crippen molar-refractivity contribution in [1.82, 2.24) is 0 Å². The Morgan fingerprint density at radius 3 is 1.25 bits per heavy atom. The van der Waals surface area contributed by atoms with Gasteiger partial charge >= 0.3 is 23.9 Å². The maximum Gasteiger partial charge on any atom is 0.335 e. The van der Waals surface area contributed by atoms with Gasteiger partial charge in [-0.1, -0.05) is 234 Å². The number of hydrogen-bond acceptors (Lipinski definition) is 11. The normalized spacial score (nSPS) is 18.4. The highest BCUT2D eigenvalue weighted by atomic mass is 16.7. The first kappa shape index (κ1) is 72.9. The van der Waals surface area contributed by atoms with Gasteiger partial charge in [0.15, 0.2) is 24.6 Å². The van der Waals surface area contributed by atoms with E-state index in [-0.39, 0.29) is 25.9 Å². The number of carboxylic acids is 1. The highest BCUT2D eigenvalue weighted by Gasteiger charge is 2.50. The summed E-state index contributed by atoms with van der Waals surface area (Å²) in [5.74, 6) is -3.17. The van der Waals surface area contributed by atoms with Crippen LogP contribution in [0.5, 0.6) is 0 Å². The number of allylic oxidation sites excluding steroid dienone is 14. The first-order chi connectivity index (χ1) is 38.6. The lowest BCUT2D eigenvalue weighted by atomic mass is 9.98. The number of aliphatic carboxylic acids is 1. The molecule has 0 aromatic heterocycles. The summed E-state index contributed by atoms with van der Waals surface area (Å²) in [7, 11) is 0. The molecular weight excluding hydrogens is 997 g/mol. The van der Waals surface area contributed by atoms with Crippen LogP contribution in [0, 0.1) is 0 Å². The summed E-state index contributed by atoms with van der Waals surface area (Å²) in [4.78, 5) is 51.2. The second kappa shape index (κ2) is 54.5. The van der Waals surface area contributed by atoms with Gasteiger partial charge < -0.3 is 39.0 Å². The Labute approximate surface area is 480 Å². The molecule has 0 aliphatic carbocycles. The van der Waals surface area contributed by atoms with E-state index in [1.165, 1.54) is 89.9 Å². The lowest BCUT2D eigenvalue weighted by molar-refractivity contribution is -0.301. The number of aliphatic hydroxyl groups excluding tert-OH is 2. The molecule has 0 spiro atoms. The van der Waals surface area contributed by atoms with Crippen LogP contribution in [0.3, 0.4) is 0 Å². The van der Waals surface area contributed by atoms with E-state index in [9.17, 15) is 34.5 Å². The number of rotatable bonds is 53. The quantitative estimate of drug-likeness (QED) is 0.0228. The van der Waals surface area contributed by atoms with Crippen molar-refractivity contribution in [1.29, 1.82) is 0 Å². The SMILES string of the molecule is CC/C=C\C/C=C\C/C=C\C/C=C\C/C=C\CCCCCC(=O)OC1C(OCC(COC(=O)CCCCCCC/C=C\C/C=C\CCCCC)OC(=O)CCCCCCCCCCCCCCCCC)OC(C(=O)O)C(O)C1O. The molecule has 0 aromatic carbocycles. The molecule has 1 rings (SSSR count). The summed E-state index contributed by atoms with van der Waals surface area (Å²) in [6, 6.07) is 0. The van der Waals surface area contributed by atoms with Crippen LogP contribution in [0.2, 0.25) is 0 Å². The van der Waals surface area contributed by atoms with Crippen molar-refractivity contribution in [2.75, 3.05) is 13.2 Å². The molecule has 0 amide bonds. The van der Waals surface area contributed by atoms with Crippen LogP contribution >= 0.6 is 0 Å². The molecule has 3 N–H and O–H groups in total. The number of carbonyl (C=O) groups excluding carboxylic acids is 3. The molecule has 1 saturated heterocycles. The fraction of sp³-hybridized carbons (Fsp3) is 0.731. The zero-order valence-electron chi connectivity index (χ0n) is 49.8. The molecule has 1 heterocycles. The largest absolute Gasteiger partial charge is 0.479 e. The molecule has 1 aliphatic heterocycles. The first-order valence-corrected chi connectivity index (χ1v) is 31.6. The molecule has 1 aliphatic rings. The van der Waals surface area contributed by atoms with Gasteiger partial charge in [-0.3, -0.25) is 14.4 Å². The number of carbonyl (C=O) groups is 4. The fourth-order valence-corrected chi connectivity index (χ4v) is 9.13. The predicted molar refractivity (Wildman–Crippen MR) is 321 cm³/mol. The van der Waals surface area contributed by atoms with Crippen molar-refractivity contribution in [3.8, 4) is 0 Å². The van der Waals surface area contributed by atoms with E-state index in [0.717, 1.165) is 116 Å². The molecule has 0 radical (unpaired) electrons. The molecule has 452 valence electrons. The van der Waals surface area contributed by atoms with Gasteiger partial charge in [-0.2, -0.15) is 0 Å². The van der Waals surface area contributed by atoms with E-state index >= 15 is 0 Å². The number of unbranched alkanes of at least 4 members (excludes halogenated alkanes) is 25. The van der Waals surface area contributed by atoms with E-state index in [1.54, 1.807) is 0 Å². The van der Waals surface area contributed by atoms with Crippen molar-refractivity contribution in [3.63, 3.8) is 0 Å². The van der Waals surface area contributed by atoms with Gasteiger partial charge in [0.2, 0.25) is 0 Å². The third-order valence-electron chi connectivity index (χ3n) is 14.0. The van der Waals surface area contributed by atoms with Gasteiger partial charge in [0, 0.05) is 19.3 Å². The summed E-state index contributed by atoms with van der Waals surface area (Å²) < 4.78 is 28.5. The number of hydrogen-bond donors (Lipinski definition) is 3. The molecule has 1 fully saturated rings. The highest BCUT2D eigenvalue weighted by Crippen LogP contribution is 2.26. The van der Waals surface area contributed by atoms with Crippen LogP contribution in [-0.4, -0.2) is 89.2 Å². The van der Waals surface area contributed by atoms with Crippen LogP contribution in [-0.2, 0) is 42.9 Å². The fourth-order valence-electron chi connectivity index (χ4n) is 9.13. The minimum absolute atomic E-state index is 0.0181. The topological polar surface area (TPSA) is 175 Å².